The third kappa shape index (κ3) is 7.44. The average Bonchev–Trinajstić information content (AvgIpc) is 2.84. The molecule has 9 heteroatoms. The van der Waals surface area contributed by atoms with E-state index in [4.69, 9.17) is 15.2 Å². The van der Waals surface area contributed by atoms with Gasteiger partial charge in [-0.05, 0) is 31.4 Å². The van der Waals surface area contributed by atoms with E-state index in [1.807, 2.05) is 25.1 Å². The Morgan fingerprint density at radius 3 is 2.76 bits per heavy atom. The van der Waals surface area contributed by atoms with Crippen molar-refractivity contribution in [1.29, 1.82) is 0 Å². The molecular formula is C25H40N6O3. The van der Waals surface area contributed by atoms with E-state index < -0.39 is 0 Å². The fraction of sp³-hybridized carbons (Fsp3) is 0.600. The van der Waals surface area contributed by atoms with Crippen molar-refractivity contribution in [2.75, 3.05) is 64.1 Å². The van der Waals surface area contributed by atoms with Crippen LogP contribution in [0.2, 0.25) is 0 Å². The second-order valence-corrected chi connectivity index (χ2v) is 8.75. The molecule has 0 aliphatic carbocycles. The number of aromatic nitrogens is 2. The number of aryl methyl sites for hydroxylation is 1. The molecule has 1 saturated heterocycles. The number of nitrogens with zero attached hydrogens (tertiary/aromatic N) is 3. The molecule has 9 nitrogen and oxygen atoms in total. The van der Waals surface area contributed by atoms with Gasteiger partial charge in [-0.15, -0.1) is 0 Å². The second kappa shape index (κ2) is 13.3. The van der Waals surface area contributed by atoms with Crippen LogP contribution >= 0.6 is 0 Å². The van der Waals surface area contributed by atoms with Gasteiger partial charge in [0.15, 0.2) is 0 Å². The van der Waals surface area contributed by atoms with Gasteiger partial charge in [0.2, 0.25) is 5.95 Å². The predicted octanol–water partition coefficient (Wildman–Crippen LogP) is 2.21. The lowest BCUT2D eigenvalue weighted by atomic mass is 10.0. The first kappa shape index (κ1) is 26.0. The highest BCUT2D eigenvalue weighted by Gasteiger charge is 2.17. The summed E-state index contributed by atoms with van der Waals surface area (Å²) in [7, 11) is 1.67. The summed E-state index contributed by atoms with van der Waals surface area (Å²) in [6.45, 7) is 10.1. The zero-order valence-corrected chi connectivity index (χ0v) is 20.8. The maximum absolute atomic E-state index is 9.74. The molecule has 34 heavy (non-hydrogen) atoms. The average molecular weight is 473 g/mol. The standard InChI is InChI=1S/C25H40N6O3/c1-4-6-20(17-32)29-24-22(18(2)28-25(26)30-24)15-19-7-8-21(16-23(19)33-3)34-14-5-11-31-12-9-27-10-13-31/h7-8,16,20,27,32H,4-6,9-15,17H2,1-3H3,(H3,26,28,29,30)/t20-/m0/s1. The molecule has 5 N–H and O–H groups in total. The molecule has 0 saturated carbocycles. The smallest absolute Gasteiger partial charge is 0.222 e. The molecule has 1 atom stereocenters. The summed E-state index contributed by atoms with van der Waals surface area (Å²) >= 11 is 0. The number of piperazine rings is 1. The van der Waals surface area contributed by atoms with Crippen LogP contribution in [0.25, 0.3) is 0 Å². The molecule has 0 amide bonds. The lowest BCUT2D eigenvalue weighted by Gasteiger charge is -2.27. The molecule has 1 aliphatic heterocycles. The molecule has 1 aromatic heterocycles. The molecule has 0 bridgehead atoms. The number of hydrogen-bond acceptors (Lipinski definition) is 9. The van der Waals surface area contributed by atoms with E-state index in [0.717, 1.165) is 80.3 Å². The van der Waals surface area contributed by atoms with Crippen LogP contribution in [0.3, 0.4) is 0 Å². The molecule has 0 unspecified atom stereocenters. The number of hydrogen-bond donors (Lipinski definition) is 4. The normalized spacial score (nSPS) is 15.2. The number of ether oxygens (including phenoxy) is 2. The highest BCUT2D eigenvalue weighted by molar-refractivity contribution is 5.54. The van der Waals surface area contributed by atoms with Gasteiger partial charge in [-0.2, -0.15) is 4.98 Å². The van der Waals surface area contributed by atoms with Gasteiger partial charge in [-0.25, -0.2) is 4.98 Å². The monoisotopic (exact) mass is 472 g/mol. The summed E-state index contributed by atoms with van der Waals surface area (Å²) in [5.41, 5.74) is 8.67. The number of anilines is 2. The van der Waals surface area contributed by atoms with Gasteiger partial charge in [-0.1, -0.05) is 19.4 Å². The number of nitrogens with one attached hydrogen (secondary N) is 2. The Bertz CT molecular complexity index is 904. The van der Waals surface area contributed by atoms with Crippen LogP contribution in [-0.2, 0) is 6.42 Å². The first-order valence-electron chi connectivity index (χ1n) is 12.3. The third-order valence-corrected chi connectivity index (χ3v) is 6.15. The summed E-state index contributed by atoms with van der Waals surface area (Å²) in [5, 5.41) is 16.5. The Hall–Kier alpha value is -2.62. The van der Waals surface area contributed by atoms with Crippen molar-refractivity contribution < 1.29 is 14.6 Å². The second-order valence-electron chi connectivity index (χ2n) is 8.75. The maximum atomic E-state index is 9.74. The Morgan fingerprint density at radius 1 is 1.26 bits per heavy atom. The van der Waals surface area contributed by atoms with E-state index in [1.54, 1.807) is 7.11 Å². The van der Waals surface area contributed by atoms with Crippen molar-refractivity contribution in [2.24, 2.45) is 0 Å². The zero-order chi connectivity index (χ0) is 24.3. The number of benzene rings is 1. The van der Waals surface area contributed by atoms with Gasteiger partial charge >= 0.3 is 0 Å². The zero-order valence-electron chi connectivity index (χ0n) is 20.8. The molecule has 0 radical (unpaired) electrons. The quantitative estimate of drug-likeness (QED) is 0.325. The third-order valence-electron chi connectivity index (χ3n) is 6.15. The summed E-state index contributed by atoms with van der Waals surface area (Å²) in [4.78, 5) is 11.3. The molecule has 1 fully saturated rings. The predicted molar refractivity (Wildman–Crippen MR) is 136 cm³/mol. The van der Waals surface area contributed by atoms with Crippen molar-refractivity contribution in [3.63, 3.8) is 0 Å². The Labute approximate surface area is 203 Å². The Balaban J connectivity index is 1.67. The highest BCUT2D eigenvalue weighted by atomic mass is 16.5. The van der Waals surface area contributed by atoms with E-state index in [1.165, 1.54) is 0 Å². The van der Waals surface area contributed by atoms with Crippen LogP contribution in [0, 0.1) is 6.92 Å². The maximum Gasteiger partial charge on any atom is 0.222 e. The van der Waals surface area contributed by atoms with Gasteiger partial charge in [0.25, 0.3) is 0 Å². The summed E-state index contributed by atoms with van der Waals surface area (Å²) < 4.78 is 11.7. The SMILES string of the molecule is CCC[C@@H](CO)Nc1nc(N)nc(C)c1Cc1ccc(OCCCN2CCNCC2)cc1OC. The van der Waals surface area contributed by atoms with Crippen LogP contribution in [0.1, 0.15) is 43.0 Å². The fourth-order valence-electron chi connectivity index (χ4n) is 4.26. The number of aliphatic hydroxyl groups excluding tert-OH is 1. The molecule has 0 spiro atoms. The minimum absolute atomic E-state index is 0.0280. The Morgan fingerprint density at radius 2 is 2.06 bits per heavy atom. The summed E-state index contributed by atoms with van der Waals surface area (Å²) in [6.07, 6.45) is 3.36. The van der Waals surface area contributed by atoms with E-state index in [0.29, 0.717) is 18.8 Å². The molecule has 1 aromatic carbocycles. The fourth-order valence-corrected chi connectivity index (χ4v) is 4.26. The van der Waals surface area contributed by atoms with E-state index >= 15 is 0 Å². The van der Waals surface area contributed by atoms with Gasteiger partial charge in [0.1, 0.15) is 17.3 Å². The lowest BCUT2D eigenvalue weighted by Crippen LogP contribution is -2.43. The Kier molecular flexibility index (Phi) is 10.2. The number of nitrogens with two attached hydrogens (primary N) is 1. The van der Waals surface area contributed by atoms with Crippen molar-refractivity contribution in [1.82, 2.24) is 20.2 Å². The molecule has 188 valence electrons. The van der Waals surface area contributed by atoms with Crippen LogP contribution in [0.5, 0.6) is 11.5 Å². The minimum Gasteiger partial charge on any atom is -0.496 e. The minimum atomic E-state index is -0.0867. The van der Waals surface area contributed by atoms with Gasteiger partial charge < -0.3 is 35.8 Å². The first-order chi connectivity index (χ1) is 16.5. The summed E-state index contributed by atoms with van der Waals surface area (Å²) in [6, 6.07) is 5.86. The topological polar surface area (TPSA) is 118 Å². The number of nitrogen functional groups attached to an aromatic ring is 1. The van der Waals surface area contributed by atoms with Crippen LogP contribution in [0.4, 0.5) is 11.8 Å². The molecular weight excluding hydrogens is 432 g/mol. The van der Waals surface area contributed by atoms with Crippen molar-refractivity contribution >= 4 is 11.8 Å². The molecule has 1 aliphatic rings. The van der Waals surface area contributed by atoms with Gasteiger partial charge in [0.05, 0.1) is 26.4 Å². The van der Waals surface area contributed by atoms with Gasteiger partial charge in [-0.3, -0.25) is 0 Å². The lowest BCUT2D eigenvalue weighted by molar-refractivity contribution is 0.213. The van der Waals surface area contributed by atoms with Crippen molar-refractivity contribution in [3.8, 4) is 11.5 Å². The van der Waals surface area contributed by atoms with Crippen LogP contribution < -0.4 is 25.8 Å². The number of aliphatic hydroxyl groups is 1. The molecule has 2 heterocycles. The highest BCUT2D eigenvalue weighted by Crippen LogP contribution is 2.30. The van der Waals surface area contributed by atoms with Crippen molar-refractivity contribution in [3.05, 3.63) is 35.0 Å². The first-order valence-corrected chi connectivity index (χ1v) is 12.3. The molecule has 2 aromatic rings. The largest absolute Gasteiger partial charge is 0.496 e. The molecule has 3 rings (SSSR count). The number of methoxy groups -OCH3 is 1. The van der Waals surface area contributed by atoms with Crippen LogP contribution in [-0.4, -0.2) is 79.1 Å². The number of rotatable bonds is 13. The van der Waals surface area contributed by atoms with Crippen molar-refractivity contribution in [2.45, 2.75) is 45.6 Å². The van der Waals surface area contributed by atoms with Gasteiger partial charge in [0, 0.05) is 56.5 Å². The van der Waals surface area contributed by atoms with E-state index in [9.17, 15) is 5.11 Å². The van der Waals surface area contributed by atoms with E-state index in [2.05, 4.69) is 32.4 Å². The van der Waals surface area contributed by atoms with Crippen LogP contribution in [0.15, 0.2) is 18.2 Å². The summed E-state index contributed by atoms with van der Waals surface area (Å²) in [5.74, 6) is 2.43. The van der Waals surface area contributed by atoms with E-state index in [-0.39, 0.29) is 18.6 Å².